The first-order valence-electron chi connectivity index (χ1n) is 6.26. The number of hydrogen-bond acceptors (Lipinski definition) is 2. The predicted molar refractivity (Wildman–Crippen MR) is 80.8 cm³/mol. The molecule has 0 fully saturated rings. The van der Waals surface area contributed by atoms with E-state index >= 15 is 0 Å². The second-order valence-electron chi connectivity index (χ2n) is 4.37. The second kappa shape index (κ2) is 6.73. The summed E-state index contributed by atoms with van der Waals surface area (Å²) in [6.45, 7) is 3.48. The minimum atomic E-state index is 0.0375. The predicted octanol–water partition coefficient (Wildman–Crippen LogP) is 4.45. The van der Waals surface area contributed by atoms with Crippen LogP contribution in [0.5, 0.6) is 0 Å². The number of amides is 1. The van der Waals surface area contributed by atoms with Crippen molar-refractivity contribution in [3.63, 3.8) is 0 Å². The van der Waals surface area contributed by atoms with Gasteiger partial charge in [0.25, 0.3) is 5.91 Å². The molecule has 2 aromatic rings. The maximum absolute atomic E-state index is 12.5. The number of carbonyl (C=O) groups is 1. The fourth-order valence-corrected chi connectivity index (χ4v) is 2.78. The molecule has 1 heterocycles. The molecule has 2 rings (SSSR count). The van der Waals surface area contributed by atoms with Gasteiger partial charge >= 0.3 is 0 Å². The van der Waals surface area contributed by atoms with E-state index in [-0.39, 0.29) is 5.91 Å². The van der Waals surface area contributed by atoms with E-state index in [0.717, 1.165) is 13.0 Å². The van der Waals surface area contributed by atoms with Crippen LogP contribution in [0.2, 0.25) is 5.02 Å². The average molecular weight is 294 g/mol. The van der Waals surface area contributed by atoms with Gasteiger partial charge in [0.05, 0.1) is 0 Å². The molecule has 0 aliphatic heterocycles. The molecule has 0 unspecified atom stereocenters. The van der Waals surface area contributed by atoms with Gasteiger partial charge < -0.3 is 4.90 Å². The first kappa shape index (κ1) is 14.1. The molecule has 0 saturated carbocycles. The van der Waals surface area contributed by atoms with Crippen molar-refractivity contribution in [3.8, 4) is 0 Å². The van der Waals surface area contributed by atoms with Gasteiger partial charge in [-0.1, -0.05) is 24.6 Å². The number of benzene rings is 1. The second-order valence-corrected chi connectivity index (χ2v) is 5.59. The van der Waals surface area contributed by atoms with Crippen LogP contribution in [0.3, 0.4) is 0 Å². The molecule has 4 heteroatoms. The van der Waals surface area contributed by atoms with Crippen LogP contribution in [0, 0.1) is 0 Å². The molecule has 0 spiro atoms. The third-order valence-electron chi connectivity index (χ3n) is 2.81. The van der Waals surface area contributed by atoms with Crippen LogP contribution in [0.1, 0.15) is 29.3 Å². The highest BCUT2D eigenvalue weighted by atomic mass is 35.5. The smallest absolute Gasteiger partial charge is 0.254 e. The van der Waals surface area contributed by atoms with E-state index in [2.05, 4.69) is 18.4 Å². The van der Waals surface area contributed by atoms with Crippen molar-refractivity contribution in [2.75, 3.05) is 6.54 Å². The highest BCUT2D eigenvalue weighted by Crippen LogP contribution is 2.16. The summed E-state index contributed by atoms with van der Waals surface area (Å²) in [5.74, 6) is 0.0375. The Labute approximate surface area is 122 Å². The zero-order chi connectivity index (χ0) is 13.7. The summed E-state index contributed by atoms with van der Waals surface area (Å²) >= 11 is 7.59. The molecule has 0 aliphatic rings. The van der Waals surface area contributed by atoms with E-state index in [1.54, 1.807) is 23.5 Å². The van der Waals surface area contributed by atoms with Crippen LogP contribution >= 0.6 is 22.9 Å². The van der Waals surface area contributed by atoms with E-state index in [0.29, 0.717) is 17.1 Å². The normalized spacial score (nSPS) is 10.4. The monoisotopic (exact) mass is 293 g/mol. The summed E-state index contributed by atoms with van der Waals surface area (Å²) in [4.78, 5) is 14.4. The van der Waals surface area contributed by atoms with E-state index in [1.807, 2.05) is 22.4 Å². The first-order chi connectivity index (χ1) is 9.20. The molecule has 19 heavy (non-hydrogen) atoms. The number of rotatable bonds is 5. The Morgan fingerprint density at radius 2 is 2.21 bits per heavy atom. The van der Waals surface area contributed by atoms with E-state index in [9.17, 15) is 4.79 Å². The van der Waals surface area contributed by atoms with Crippen molar-refractivity contribution >= 4 is 28.8 Å². The SMILES string of the molecule is CCCN(Cc1ccsc1)C(=O)c1cccc(Cl)c1. The number of carbonyl (C=O) groups excluding carboxylic acids is 1. The quantitative estimate of drug-likeness (QED) is 0.797. The van der Waals surface area contributed by atoms with Gasteiger partial charge in [-0.25, -0.2) is 0 Å². The van der Waals surface area contributed by atoms with Gasteiger partial charge in [-0.2, -0.15) is 11.3 Å². The van der Waals surface area contributed by atoms with Gasteiger partial charge in [-0.15, -0.1) is 0 Å². The molecule has 0 atom stereocenters. The van der Waals surface area contributed by atoms with Crippen molar-refractivity contribution in [2.45, 2.75) is 19.9 Å². The standard InChI is InChI=1S/C15H16ClNOS/c1-2-7-17(10-12-6-8-19-11-12)15(18)13-4-3-5-14(16)9-13/h3-6,8-9,11H,2,7,10H2,1H3. The Morgan fingerprint density at radius 3 is 2.84 bits per heavy atom. The Morgan fingerprint density at radius 1 is 1.37 bits per heavy atom. The number of hydrogen-bond donors (Lipinski definition) is 0. The summed E-state index contributed by atoms with van der Waals surface area (Å²) < 4.78 is 0. The van der Waals surface area contributed by atoms with Gasteiger partial charge in [0.1, 0.15) is 0 Å². The zero-order valence-electron chi connectivity index (χ0n) is 10.8. The Bertz CT molecular complexity index is 539. The van der Waals surface area contributed by atoms with Gasteiger partial charge in [0, 0.05) is 23.7 Å². The van der Waals surface area contributed by atoms with Crippen molar-refractivity contribution < 1.29 is 4.79 Å². The van der Waals surface area contributed by atoms with Crippen LogP contribution in [0.25, 0.3) is 0 Å². The Hall–Kier alpha value is -1.32. The summed E-state index contributed by atoms with van der Waals surface area (Å²) in [5.41, 5.74) is 1.82. The molecule has 100 valence electrons. The van der Waals surface area contributed by atoms with Crippen molar-refractivity contribution in [2.24, 2.45) is 0 Å². The highest BCUT2D eigenvalue weighted by Gasteiger charge is 2.15. The summed E-state index contributed by atoms with van der Waals surface area (Å²) in [5, 5.41) is 4.70. The molecular formula is C15H16ClNOS. The topological polar surface area (TPSA) is 20.3 Å². The summed E-state index contributed by atoms with van der Waals surface area (Å²) in [6.07, 6.45) is 0.941. The molecule has 1 aromatic carbocycles. The molecule has 0 aliphatic carbocycles. The number of halogens is 1. The van der Waals surface area contributed by atoms with Gasteiger partial charge in [-0.05, 0) is 47.0 Å². The third kappa shape index (κ3) is 3.82. The molecule has 0 bridgehead atoms. The van der Waals surface area contributed by atoms with Crippen molar-refractivity contribution in [3.05, 3.63) is 57.2 Å². The van der Waals surface area contributed by atoms with Gasteiger partial charge in [0.15, 0.2) is 0 Å². The highest BCUT2D eigenvalue weighted by molar-refractivity contribution is 7.07. The molecular weight excluding hydrogens is 278 g/mol. The van der Waals surface area contributed by atoms with Crippen LogP contribution in [0.4, 0.5) is 0 Å². The molecule has 0 saturated heterocycles. The molecule has 1 amide bonds. The first-order valence-corrected chi connectivity index (χ1v) is 7.58. The maximum Gasteiger partial charge on any atom is 0.254 e. The number of thiophene rings is 1. The van der Waals surface area contributed by atoms with E-state index in [1.165, 1.54) is 5.56 Å². The largest absolute Gasteiger partial charge is 0.334 e. The van der Waals surface area contributed by atoms with E-state index in [4.69, 9.17) is 11.6 Å². The Balaban J connectivity index is 2.16. The summed E-state index contributed by atoms with van der Waals surface area (Å²) in [6, 6.07) is 9.18. The van der Waals surface area contributed by atoms with Gasteiger partial charge in [0.2, 0.25) is 0 Å². The zero-order valence-corrected chi connectivity index (χ0v) is 12.4. The lowest BCUT2D eigenvalue weighted by atomic mass is 10.2. The molecule has 1 aromatic heterocycles. The summed E-state index contributed by atoms with van der Waals surface area (Å²) in [7, 11) is 0. The average Bonchev–Trinajstić information content (AvgIpc) is 2.90. The molecule has 0 N–H and O–H groups in total. The number of nitrogens with zero attached hydrogens (tertiary/aromatic N) is 1. The van der Waals surface area contributed by atoms with Crippen LogP contribution in [-0.4, -0.2) is 17.4 Å². The van der Waals surface area contributed by atoms with Crippen molar-refractivity contribution in [1.29, 1.82) is 0 Å². The van der Waals surface area contributed by atoms with Crippen LogP contribution in [-0.2, 0) is 6.54 Å². The fraction of sp³-hybridized carbons (Fsp3) is 0.267. The lowest BCUT2D eigenvalue weighted by Gasteiger charge is -2.21. The fourth-order valence-electron chi connectivity index (χ4n) is 1.93. The van der Waals surface area contributed by atoms with E-state index < -0.39 is 0 Å². The lowest BCUT2D eigenvalue weighted by Crippen LogP contribution is -2.31. The Kier molecular flexibility index (Phi) is 5.00. The van der Waals surface area contributed by atoms with Crippen LogP contribution in [0.15, 0.2) is 41.1 Å². The molecule has 2 nitrogen and oxygen atoms in total. The van der Waals surface area contributed by atoms with Gasteiger partial charge in [-0.3, -0.25) is 4.79 Å². The minimum absolute atomic E-state index is 0.0375. The maximum atomic E-state index is 12.5. The lowest BCUT2D eigenvalue weighted by molar-refractivity contribution is 0.0743. The van der Waals surface area contributed by atoms with Crippen molar-refractivity contribution in [1.82, 2.24) is 4.90 Å². The van der Waals surface area contributed by atoms with Crippen LogP contribution < -0.4 is 0 Å². The third-order valence-corrected chi connectivity index (χ3v) is 3.77. The molecule has 0 radical (unpaired) electrons. The minimum Gasteiger partial charge on any atom is -0.334 e.